The first-order chi connectivity index (χ1) is 10.5. The molecule has 1 aliphatic rings. The van der Waals surface area contributed by atoms with Gasteiger partial charge in [-0.3, -0.25) is 9.69 Å². The third-order valence-electron chi connectivity index (χ3n) is 3.48. The third kappa shape index (κ3) is 4.32. The molecule has 0 aromatic heterocycles. The van der Waals surface area contributed by atoms with Crippen LogP contribution < -0.4 is 10.6 Å². The minimum atomic E-state index is -0.570. The Morgan fingerprint density at radius 2 is 1.95 bits per heavy atom. The van der Waals surface area contributed by atoms with Gasteiger partial charge < -0.3 is 15.5 Å². The fraction of sp³-hybridized carbons (Fsp3) is 0.429. The number of piperazine rings is 1. The van der Waals surface area contributed by atoms with Crippen LogP contribution in [0, 0.1) is 5.82 Å². The van der Waals surface area contributed by atoms with Gasteiger partial charge in [0.15, 0.2) is 0 Å². The molecule has 3 amide bonds. The van der Waals surface area contributed by atoms with E-state index in [0.29, 0.717) is 32.7 Å². The van der Waals surface area contributed by atoms with Gasteiger partial charge in [-0.2, -0.15) is 0 Å². The number of halogens is 2. The van der Waals surface area contributed by atoms with Gasteiger partial charge in [0.05, 0.1) is 12.2 Å². The SMILES string of the molecule is CNC(=O)CN1CCN(C(=O)Nc2ccc(Cl)cc2F)CC1. The zero-order valence-electron chi connectivity index (χ0n) is 12.2. The number of likely N-dealkylation sites (N-methyl/N-ethyl adjacent to an activating group) is 1. The molecule has 8 heteroatoms. The molecule has 1 aromatic rings. The maximum atomic E-state index is 13.7. The zero-order valence-corrected chi connectivity index (χ0v) is 13.0. The lowest BCUT2D eigenvalue weighted by Gasteiger charge is -2.34. The highest BCUT2D eigenvalue weighted by Gasteiger charge is 2.22. The average Bonchev–Trinajstić information content (AvgIpc) is 2.50. The van der Waals surface area contributed by atoms with E-state index in [4.69, 9.17) is 11.6 Å². The molecule has 2 N–H and O–H groups in total. The van der Waals surface area contributed by atoms with Gasteiger partial charge in [0, 0.05) is 38.2 Å². The highest BCUT2D eigenvalue weighted by atomic mass is 35.5. The second kappa shape index (κ2) is 7.42. The normalized spacial score (nSPS) is 15.5. The number of nitrogens with zero attached hydrogens (tertiary/aromatic N) is 2. The van der Waals surface area contributed by atoms with Crippen molar-refractivity contribution in [3.8, 4) is 0 Å². The monoisotopic (exact) mass is 328 g/mol. The topological polar surface area (TPSA) is 64.7 Å². The Labute approximate surface area is 133 Å². The Morgan fingerprint density at radius 3 is 2.55 bits per heavy atom. The van der Waals surface area contributed by atoms with Crippen molar-refractivity contribution in [1.29, 1.82) is 0 Å². The number of amides is 3. The first kappa shape index (κ1) is 16.5. The van der Waals surface area contributed by atoms with Gasteiger partial charge >= 0.3 is 6.03 Å². The minimum absolute atomic E-state index is 0.0545. The number of nitrogens with one attached hydrogen (secondary N) is 2. The number of hydrogen-bond acceptors (Lipinski definition) is 3. The highest BCUT2D eigenvalue weighted by Crippen LogP contribution is 2.19. The smallest absolute Gasteiger partial charge is 0.322 e. The van der Waals surface area contributed by atoms with Crippen LogP contribution in [0.4, 0.5) is 14.9 Å². The van der Waals surface area contributed by atoms with Crippen LogP contribution in [0.15, 0.2) is 18.2 Å². The predicted octanol–water partition coefficient (Wildman–Crippen LogP) is 1.37. The summed E-state index contributed by atoms with van der Waals surface area (Å²) < 4.78 is 13.7. The average molecular weight is 329 g/mol. The molecule has 0 unspecified atom stereocenters. The van der Waals surface area contributed by atoms with Crippen LogP contribution in [0.3, 0.4) is 0 Å². The summed E-state index contributed by atoms with van der Waals surface area (Å²) in [7, 11) is 1.59. The quantitative estimate of drug-likeness (QED) is 0.881. The van der Waals surface area contributed by atoms with E-state index in [9.17, 15) is 14.0 Å². The number of hydrogen-bond donors (Lipinski definition) is 2. The number of urea groups is 1. The first-order valence-electron chi connectivity index (χ1n) is 6.93. The molecule has 2 rings (SSSR count). The maximum Gasteiger partial charge on any atom is 0.322 e. The number of benzene rings is 1. The first-order valence-corrected chi connectivity index (χ1v) is 7.31. The Hall–Kier alpha value is -1.86. The predicted molar refractivity (Wildman–Crippen MR) is 82.5 cm³/mol. The summed E-state index contributed by atoms with van der Waals surface area (Å²) in [5.41, 5.74) is 0.0993. The molecule has 22 heavy (non-hydrogen) atoms. The van der Waals surface area contributed by atoms with Crippen LogP contribution in [-0.4, -0.2) is 61.5 Å². The van der Waals surface area contributed by atoms with Crippen LogP contribution in [0.2, 0.25) is 5.02 Å². The van der Waals surface area contributed by atoms with Gasteiger partial charge in [-0.1, -0.05) is 11.6 Å². The lowest BCUT2D eigenvalue weighted by atomic mass is 10.3. The fourth-order valence-corrected chi connectivity index (χ4v) is 2.34. The molecular weight excluding hydrogens is 311 g/mol. The van der Waals surface area contributed by atoms with E-state index >= 15 is 0 Å². The van der Waals surface area contributed by atoms with Gasteiger partial charge in [0.2, 0.25) is 5.91 Å². The summed E-state index contributed by atoms with van der Waals surface area (Å²) in [5, 5.41) is 5.37. The Bertz CT molecular complexity index is 562. The van der Waals surface area contributed by atoms with E-state index in [0.717, 1.165) is 6.07 Å². The second-order valence-corrected chi connectivity index (χ2v) is 5.43. The molecule has 0 atom stereocenters. The summed E-state index contributed by atoms with van der Waals surface area (Å²) in [6.07, 6.45) is 0. The Morgan fingerprint density at radius 1 is 1.27 bits per heavy atom. The lowest BCUT2D eigenvalue weighted by molar-refractivity contribution is -0.122. The van der Waals surface area contributed by atoms with E-state index < -0.39 is 5.82 Å². The minimum Gasteiger partial charge on any atom is -0.358 e. The van der Waals surface area contributed by atoms with Crippen LogP contribution in [0.25, 0.3) is 0 Å². The van der Waals surface area contributed by atoms with Crippen molar-refractivity contribution >= 4 is 29.2 Å². The molecular formula is C14H18ClFN4O2. The van der Waals surface area contributed by atoms with Crippen LogP contribution in [0.5, 0.6) is 0 Å². The lowest BCUT2D eigenvalue weighted by Crippen LogP contribution is -2.51. The molecule has 0 saturated carbocycles. The van der Waals surface area contributed by atoms with E-state index in [1.165, 1.54) is 12.1 Å². The zero-order chi connectivity index (χ0) is 16.1. The molecule has 1 aromatic carbocycles. The summed E-state index contributed by atoms with van der Waals surface area (Å²) in [5.74, 6) is -0.625. The number of carbonyl (C=O) groups is 2. The molecule has 1 saturated heterocycles. The largest absolute Gasteiger partial charge is 0.358 e. The van der Waals surface area contributed by atoms with Crippen molar-refractivity contribution < 1.29 is 14.0 Å². The van der Waals surface area contributed by atoms with Crippen molar-refractivity contribution in [2.75, 3.05) is 45.1 Å². The van der Waals surface area contributed by atoms with Gasteiger partial charge in [0.1, 0.15) is 5.82 Å². The molecule has 1 aliphatic heterocycles. The van der Waals surface area contributed by atoms with Crippen molar-refractivity contribution in [3.63, 3.8) is 0 Å². The number of rotatable bonds is 3. The highest BCUT2D eigenvalue weighted by molar-refractivity contribution is 6.30. The van der Waals surface area contributed by atoms with Crippen LogP contribution in [0.1, 0.15) is 0 Å². The third-order valence-corrected chi connectivity index (χ3v) is 3.71. The second-order valence-electron chi connectivity index (χ2n) is 4.99. The van der Waals surface area contributed by atoms with Crippen molar-refractivity contribution in [2.24, 2.45) is 0 Å². The van der Waals surface area contributed by atoms with Gasteiger partial charge in [-0.15, -0.1) is 0 Å². The fourth-order valence-electron chi connectivity index (χ4n) is 2.18. The molecule has 1 fully saturated rings. The van der Waals surface area contributed by atoms with E-state index in [1.54, 1.807) is 11.9 Å². The maximum absolute atomic E-state index is 13.7. The molecule has 6 nitrogen and oxygen atoms in total. The summed E-state index contributed by atoms with van der Waals surface area (Å²) >= 11 is 5.67. The van der Waals surface area contributed by atoms with Crippen LogP contribution in [-0.2, 0) is 4.79 Å². The standard InChI is InChI=1S/C14H18ClFN4O2/c1-17-13(21)9-19-4-6-20(7-5-19)14(22)18-12-3-2-10(15)8-11(12)16/h2-3,8H,4-7,9H2,1H3,(H,17,21)(H,18,22). The number of anilines is 1. The van der Waals surface area contributed by atoms with Crippen molar-refractivity contribution in [3.05, 3.63) is 29.0 Å². The van der Waals surface area contributed by atoms with Gasteiger partial charge in [-0.05, 0) is 18.2 Å². The van der Waals surface area contributed by atoms with Gasteiger partial charge in [0.25, 0.3) is 0 Å². The van der Waals surface area contributed by atoms with E-state index in [-0.39, 0.29) is 22.6 Å². The number of carbonyl (C=O) groups excluding carboxylic acids is 2. The van der Waals surface area contributed by atoms with Crippen molar-refractivity contribution in [2.45, 2.75) is 0 Å². The summed E-state index contributed by atoms with van der Waals surface area (Å²) in [6.45, 7) is 2.49. The molecule has 0 radical (unpaired) electrons. The van der Waals surface area contributed by atoms with Crippen LogP contribution >= 0.6 is 11.6 Å². The molecule has 0 aliphatic carbocycles. The molecule has 0 bridgehead atoms. The molecule has 1 heterocycles. The summed E-state index contributed by atoms with van der Waals surface area (Å²) in [6, 6.07) is 3.73. The summed E-state index contributed by atoms with van der Waals surface area (Å²) in [4.78, 5) is 27.0. The van der Waals surface area contributed by atoms with Crippen molar-refractivity contribution in [1.82, 2.24) is 15.1 Å². The molecule has 0 spiro atoms. The van der Waals surface area contributed by atoms with E-state index in [1.807, 2.05) is 4.90 Å². The van der Waals surface area contributed by atoms with E-state index in [2.05, 4.69) is 10.6 Å². The Kier molecular flexibility index (Phi) is 5.57. The Balaban J connectivity index is 1.86. The molecule has 120 valence electrons. The van der Waals surface area contributed by atoms with Gasteiger partial charge in [-0.25, -0.2) is 9.18 Å².